The number of anilines is 3. The van der Waals surface area contributed by atoms with Crippen LogP contribution in [0.5, 0.6) is 0 Å². The summed E-state index contributed by atoms with van der Waals surface area (Å²) in [6, 6.07) is 1.71. The molecule has 0 aliphatic carbocycles. The molecule has 10 nitrogen and oxygen atoms in total. The molecule has 2 amide bonds. The van der Waals surface area contributed by atoms with Gasteiger partial charge in [-0.3, -0.25) is 20.0 Å². The zero-order valence-electron chi connectivity index (χ0n) is 11.9. The zero-order valence-corrected chi connectivity index (χ0v) is 11.9. The van der Waals surface area contributed by atoms with Crippen molar-refractivity contribution in [2.75, 3.05) is 37.0 Å². The van der Waals surface area contributed by atoms with Gasteiger partial charge in [0.1, 0.15) is 11.5 Å². The van der Waals surface area contributed by atoms with Crippen molar-refractivity contribution in [2.45, 2.75) is 0 Å². The lowest BCUT2D eigenvalue weighted by Crippen LogP contribution is -2.37. The quantitative estimate of drug-likeness (QED) is 0.315. The largest absolute Gasteiger partial charge is 0.394 e. The number of hydrogen-bond acceptors (Lipinski definition) is 6. The van der Waals surface area contributed by atoms with Crippen molar-refractivity contribution in [3.05, 3.63) is 12.3 Å². The number of nitrogens with zero attached hydrogens (tertiary/aromatic N) is 1. The van der Waals surface area contributed by atoms with Crippen molar-refractivity contribution in [3.63, 3.8) is 0 Å². The molecule has 0 bridgehead atoms. The molecule has 118 valence electrons. The number of ether oxygens (including phenoxy) is 1. The molecule has 2 aromatic rings. The standard InChI is InChI=1S/C12H17N7O3/c1-22-5-4-16-11(20)12(21)17-10-7(13)8(18-19-10)6-2-3-15-9(6)14/h2-3,15H,4-5,13-14H2,1H3,(H,16,20)(H2,17,18,19,21). The lowest BCUT2D eigenvalue weighted by molar-refractivity contribution is -0.136. The van der Waals surface area contributed by atoms with Gasteiger partial charge in [0.2, 0.25) is 0 Å². The Morgan fingerprint density at radius 1 is 1.36 bits per heavy atom. The molecule has 0 fully saturated rings. The van der Waals surface area contributed by atoms with Crippen LogP contribution in [0.25, 0.3) is 11.3 Å². The van der Waals surface area contributed by atoms with Crippen molar-refractivity contribution >= 4 is 29.1 Å². The number of rotatable bonds is 5. The van der Waals surface area contributed by atoms with Crippen LogP contribution in [-0.4, -0.2) is 47.3 Å². The van der Waals surface area contributed by atoms with Crippen LogP contribution in [0.3, 0.4) is 0 Å². The number of nitrogen functional groups attached to an aromatic ring is 2. The molecule has 10 heteroatoms. The summed E-state index contributed by atoms with van der Waals surface area (Å²) in [5.41, 5.74) is 12.9. The van der Waals surface area contributed by atoms with E-state index in [9.17, 15) is 9.59 Å². The molecule has 0 saturated carbocycles. The number of carbonyl (C=O) groups is 2. The van der Waals surface area contributed by atoms with Gasteiger partial charge < -0.3 is 26.5 Å². The Kier molecular flexibility index (Phi) is 4.63. The molecule has 0 spiro atoms. The third kappa shape index (κ3) is 3.17. The van der Waals surface area contributed by atoms with Gasteiger partial charge in [-0.25, -0.2) is 0 Å². The first-order valence-electron chi connectivity index (χ1n) is 6.39. The van der Waals surface area contributed by atoms with Crippen molar-refractivity contribution in [1.82, 2.24) is 20.5 Å². The van der Waals surface area contributed by atoms with Gasteiger partial charge in [0.25, 0.3) is 0 Å². The zero-order chi connectivity index (χ0) is 16.1. The molecular formula is C12H17N7O3. The lowest BCUT2D eigenvalue weighted by Gasteiger charge is -2.05. The third-order valence-electron chi connectivity index (χ3n) is 2.88. The van der Waals surface area contributed by atoms with E-state index in [1.54, 1.807) is 12.3 Å². The van der Waals surface area contributed by atoms with Gasteiger partial charge in [-0.05, 0) is 6.07 Å². The number of aromatic nitrogens is 3. The second kappa shape index (κ2) is 6.63. The molecule has 8 N–H and O–H groups in total. The smallest absolute Gasteiger partial charge is 0.314 e. The van der Waals surface area contributed by atoms with Crippen LogP contribution >= 0.6 is 0 Å². The maximum Gasteiger partial charge on any atom is 0.314 e. The maximum absolute atomic E-state index is 11.7. The summed E-state index contributed by atoms with van der Waals surface area (Å²) < 4.78 is 4.77. The van der Waals surface area contributed by atoms with E-state index in [4.69, 9.17) is 16.2 Å². The molecular weight excluding hydrogens is 290 g/mol. The van der Waals surface area contributed by atoms with Crippen LogP contribution in [-0.2, 0) is 14.3 Å². The summed E-state index contributed by atoms with van der Waals surface area (Å²) in [6.07, 6.45) is 1.65. The van der Waals surface area contributed by atoms with Crippen LogP contribution in [0, 0.1) is 0 Å². The highest BCUT2D eigenvalue weighted by Crippen LogP contribution is 2.32. The number of nitrogens with two attached hydrogens (primary N) is 2. The number of hydrogen-bond donors (Lipinski definition) is 6. The van der Waals surface area contributed by atoms with Crippen LogP contribution < -0.4 is 22.1 Å². The summed E-state index contributed by atoms with van der Waals surface area (Å²) in [6.45, 7) is 0.532. The van der Waals surface area contributed by atoms with E-state index >= 15 is 0 Å². The molecule has 22 heavy (non-hydrogen) atoms. The summed E-state index contributed by atoms with van der Waals surface area (Å²) >= 11 is 0. The highest BCUT2D eigenvalue weighted by atomic mass is 16.5. The van der Waals surface area contributed by atoms with E-state index in [0.29, 0.717) is 23.7 Å². The van der Waals surface area contributed by atoms with E-state index < -0.39 is 11.8 Å². The SMILES string of the molecule is COCCNC(=O)C(=O)Nc1n[nH]c(-c2cc[nH]c2N)c1N. The first-order chi connectivity index (χ1) is 10.5. The van der Waals surface area contributed by atoms with Gasteiger partial charge in [-0.15, -0.1) is 0 Å². The number of amides is 2. The van der Waals surface area contributed by atoms with E-state index in [1.165, 1.54) is 7.11 Å². The third-order valence-corrected chi connectivity index (χ3v) is 2.88. The van der Waals surface area contributed by atoms with Crippen LogP contribution in [0.1, 0.15) is 0 Å². The summed E-state index contributed by atoms with van der Waals surface area (Å²) in [7, 11) is 1.49. The molecule has 0 aromatic carbocycles. The first kappa shape index (κ1) is 15.4. The number of aromatic amines is 2. The molecule has 0 atom stereocenters. The highest BCUT2D eigenvalue weighted by Gasteiger charge is 2.19. The Morgan fingerprint density at radius 2 is 2.14 bits per heavy atom. The summed E-state index contributed by atoms with van der Waals surface area (Å²) in [4.78, 5) is 26.1. The monoisotopic (exact) mass is 307 g/mol. The Bertz CT molecular complexity index is 676. The fraction of sp³-hybridized carbons (Fsp3) is 0.250. The Hall–Kier alpha value is -3.01. The number of carbonyl (C=O) groups excluding carboxylic acids is 2. The van der Waals surface area contributed by atoms with Gasteiger partial charge in [-0.2, -0.15) is 5.10 Å². The van der Waals surface area contributed by atoms with E-state index in [0.717, 1.165) is 0 Å². The van der Waals surface area contributed by atoms with Crippen molar-refractivity contribution in [3.8, 4) is 11.3 Å². The number of nitrogens with one attached hydrogen (secondary N) is 4. The minimum atomic E-state index is -0.872. The minimum absolute atomic E-state index is 0.0579. The van der Waals surface area contributed by atoms with Crippen molar-refractivity contribution < 1.29 is 14.3 Å². The molecule has 0 aliphatic rings. The highest BCUT2D eigenvalue weighted by molar-refractivity contribution is 6.39. The predicted molar refractivity (Wildman–Crippen MR) is 80.7 cm³/mol. The molecule has 0 unspecified atom stereocenters. The average molecular weight is 307 g/mol. The molecule has 2 aromatic heterocycles. The number of methoxy groups -OCH3 is 1. The molecule has 0 radical (unpaired) electrons. The summed E-state index contributed by atoms with van der Waals surface area (Å²) in [5, 5.41) is 11.3. The van der Waals surface area contributed by atoms with Gasteiger partial charge in [0.05, 0.1) is 12.3 Å². The van der Waals surface area contributed by atoms with Gasteiger partial charge in [0, 0.05) is 25.4 Å². The second-order valence-electron chi connectivity index (χ2n) is 4.37. The fourth-order valence-corrected chi connectivity index (χ4v) is 1.76. The Morgan fingerprint density at radius 3 is 2.77 bits per heavy atom. The average Bonchev–Trinajstić information content (AvgIpc) is 3.06. The normalized spacial score (nSPS) is 10.4. The fourth-order valence-electron chi connectivity index (χ4n) is 1.76. The second-order valence-corrected chi connectivity index (χ2v) is 4.37. The van der Waals surface area contributed by atoms with Gasteiger partial charge in [-0.1, -0.05) is 0 Å². The topological polar surface area (TPSA) is 164 Å². The summed E-state index contributed by atoms with van der Waals surface area (Å²) in [5.74, 6) is -1.21. The van der Waals surface area contributed by atoms with Crippen molar-refractivity contribution in [2.24, 2.45) is 0 Å². The lowest BCUT2D eigenvalue weighted by atomic mass is 10.2. The van der Waals surface area contributed by atoms with Crippen molar-refractivity contribution in [1.29, 1.82) is 0 Å². The molecule has 0 saturated heterocycles. The molecule has 0 aliphatic heterocycles. The Labute approximate surface area is 125 Å². The molecule has 2 heterocycles. The van der Waals surface area contributed by atoms with E-state index in [2.05, 4.69) is 25.8 Å². The molecule has 2 rings (SSSR count). The van der Waals surface area contributed by atoms with E-state index in [1.807, 2.05) is 0 Å². The first-order valence-corrected chi connectivity index (χ1v) is 6.39. The predicted octanol–water partition coefficient (Wildman–Crippen LogP) is -0.730. The van der Waals surface area contributed by atoms with Gasteiger partial charge >= 0.3 is 11.8 Å². The van der Waals surface area contributed by atoms with Crippen LogP contribution in [0.4, 0.5) is 17.3 Å². The maximum atomic E-state index is 11.7. The van der Waals surface area contributed by atoms with E-state index in [-0.39, 0.29) is 18.1 Å². The van der Waals surface area contributed by atoms with Crippen LogP contribution in [0.15, 0.2) is 12.3 Å². The van der Waals surface area contributed by atoms with Crippen LogP contribution in [0.2, 0.25) is 0 Å². The number of H-pyrrole nitrogens is 2. The minimum Gasteiger partial charge on any atom is -0.394 e. The Balaban J connectivity index is 2.05. The van der Waals surface area contributed by atoms with Gasteiger partial charge in [0.15, 0.2) is 5.82 Å².